The van der Waals surface area contributed by atoms with Gasteiger partial charge in [0.2, 0.25) is 0 Å². The van der Waals surface area contributed by atoms with Crippen molar-refractivity contribution in [3.05, 3.63) is 96.2 Å². The van der Waals surface area contributed by atoms with Crippen LogP contribution in [0, 0.1) is 13.7 Å². The molecule has 1 aliphatic heterocycles. The number of carbonyl (C=O) groups is 2. The first-order valence-corrected chi connectivity index (χ1v) is 16.2. The minimum atomic E-state index is -1.19. The summed E-state index contributed by atoms with van der Waals surface area (Å²) in [5.74, 6) is 1.10. The molecule has 0 aliphatic carbocycles. The largest absolute Gasteiger partial charge is 0.490 e. The molecule has 0 radical (unpaired) electrons. The monoisotopic (exact) mass is 789 g/mol. The lowest BCUT2D eigenvalue weighted by Gasteiger charge is -2.28. The standard InChI is InChI=1S/C33H36IN5O10/c1-5-46-26-15-22(30-29(32(41)45-4)19(3)36-33(42)37-30)9-12-25(26)48-18-28(40)38-35-16-21-13-24(34)31(27(14-21)47-6-2)49-17-20-7-10-23(11-8-20)39(43)44/h7-16,28,30,38,40H,5-6,17-18H2,1-4H3,(H2,36,37,42)/b35-16+/t28-,30-/m1/s1. The van der Waals surface area contributed by atoms with Gasteiger partial charge in [0.25, 0.3) is 5.69 Å². The first kappa shape index (κ1) is 36.7. The Balaban J connectivity index is 1.39. The zero-order chi connectivity index (χ0) is 35.5. The van der Waals surface area contributed by atoms with E-state index >= 15 is 0 Å². The van der Waals surface area contributed by atoms with E-state index in [0.29, 0.717) is 53.0 Å². The number of rotatable bonds is 16. The summed E-state index contributed by atoms with van der Waals surface area (Å²) in [5.41, 5.74) is 5.25. The van der Waals surface area contributed by atoms with E-state index < -0.39 is 29.2 Å². The number of nitrogens with zero attached hydrogens (tertiary/aromatic N) is 2. The van der Waals surface area contributed by atoms with Crippen LogP contribution >= 0.6 is 22.6 Å². The normalized spacial score (nSPS) is 14.8. The third-order valence-corrected chi connectivity index (χ3v) is 7.77. The maximum absolute atomic E-state index is 12.5. The van der Waals surface area contributed by atoms with Gasteiger partial charge in [-0.2, -0.15) is 5.10 Å². The number of esters is 1. The number of ether oxygens (including phenoxy) is 5. The van der Waals surface area contributed by atoms with Crippen LogP contribution in [0.3, 0.4) is 0 Å². The van der Waals surface area contributed by atoms with Crippen molar-refractivity contribution in [1.29, 1.82) is 0 Å². The Morgan fingerprint density at radius 3 is 2.45 bits per heavy atom. The number of non-ortho nitro benzene ring substituents is 1. The van der Waals surface area contributed by atoms with E-state index in [0.717, 1.165) is 9.13 Å². The van der Waals surface area contributed by atoms with Gasteiger partial charge in [-0.05, 0) is 96.5 Å². The summed E-state index contributed by atoms with van der Waals surface area (Å²) < 4.78 is 29.0. The summed E-state index contributed by atoms with van der Waals surface area (Å²) in [4.78, 5) is 35.1. The van der Waals surface area contributed by atoms with Crippen molar-refractivity contribution < 1.29 is 43.3 Å². The van der Waals surface area contributed by atoms with E-state index in [4.69, 9.17) is 23.7 Å². The lowest BCUT2D eigenvalue weighted by Crippen LogP contribution is -2.45. The summed E-state index contributed by atoms with van der Waals surface area (Å²) in [5, 5.41) is 30.9. The fourth-order valence-electron chi connectivity index (χ4n) is 4.75. The number of nitro groups is 1. The molecule has 49 heavy (non-hydrogen) atoms. The van der Waals surface area contributed by atoms with Gasteiger partial charge < -0.3 is 39.4 Å². The molecule has 0 spiro atoms. The van der Waals surface area contributed by atoms with Crippen LogP contribution in [0.15, 0.2) is 71.0 Å². The number of allylic oxidation sites excluding steroid dienone is 1. The summed E-state index contributed by atoms with van der Waals surface area (Å²) in [7, 11) is 1.26. The van der Waals surface area contributed by atoms with Crippen molar-refractivity contribution in [2.24, 2.45) is 5.10 Å². The number of hydrogen-bond acceptors (Lipinski definition) is 12. The number of nitro benzene ring substituents is 1. The van der Waals surface area contributed by atoms with Crippen LogP contribution in [0.25, 0.3) is 0 Å². The van der Waals surface area contributed by atoms with Gasteiger partial charge in [0, 0.05) is 17.8 Å². The molecule has 0 fully saturated rings. The molecule has 4 N–H and O–H groups in total. The number of aliphatic hydroxyl groups excluding tert-OH is 1. The molecule has 15 nitrogen and oxygen atoms in total. The number of methoxy groups -OCH3 is 1. The van der Waals surface area contributed by atoms with E-state index in [9.17, 15) is 24.8 Å². The fraction of sp³-hybridized carbons (Fsp3) is 0.303. The molecule has 0 saturated heterocycles. The number of carbonyl (C=O) groups excluding carboxylic acids is 2. The highest BCUT2D eigenvalue weighted by atomic mass is 127. The zero-order valence-electron chi connectivity index (χ0n) is 27.2. The van der Waals surface area contributed by atoms with Gasteiger partial charge in [0.15, 0.2) is 29.2 Å². The summed E-state index contributed by atoms with van der Waals surface area (Å²) in [6, 6.07) is 13.4. The van der Waals surface area contributed by atoms with E-state index in [2.05, 4.69) is 43.8 Å². The van der Waals surface area contributed by atoms with Crippen molar-refractivity contribution in [2.75, 3.05) is 26.9 Å². The molecule has 16 heteroatoms. The highest BCUT2D eigenvalue weighted by molar-refractivity contribution is 14.1. The molecule has 0 bridgehead atoms. The average molecular weight is 790 g/mol. The number of hydrazone groups is 1. The zero-order valence-corrected chi connectivity index (χ0v) is 29.3. The Labute approximate surface area is 295 Å². The van der Waals surface area contributed by atoms with Crippen molar-refractivity contribution in [3.63, 3.8) is 0 Å². The molecule has 260 valence electrons. The summed E-state index contributed by atoms with van der Waals surface area (Å²) in [6.07, 6.45) is 0.316. The molecule has 3 aromatic rings. The van der Waals surface area contributed by atoms with Crippen LogP contribution in [-0.2, 0) is 16.1 Å². The number of aliphatic hydroxyl groups is 1. The molecule has 2 atom stereocenters. The summed E-state index contributed by atoms with van der Waals surface area (Å²) >= 11 is 2.12. The molecular weight excluding hydrogens is 753 g/mol. The van der Waals surface area contributed by atoms with Gasteiger partial charge in [-0.1, -0.05) is 6.07 Å². The molecule has 1 aliphatic rings. The molecule has 0 aromatic heterocycles. The first-order chi connectivity index (χ1) is 23.5. The highest BCUT2D eigenvalue weighted by Gasteiger charge is 2.32. The van der Waals surface area contributed by atoms with Crippen molar-refractivity contribution in [2.45, 2.75) is 39.6 Å². The van der Waals surface area contributed by atoms with Crippen molar-refractivity contribution in [1.82, 2.24) is 16.1 Å². The second-order valence-corrected chi connectivity index (χ2v) is 11.6. The van der Waals surface area contributed by atoms with E-state index in [-0.39, 0.29) is 24.5 Å². The average Bonchev–Trinajstić information content (AvgIpc) is 3.07. The van der Waals surface area contributed by atoms with Gasteiger partial charge in [-0.15, -0.1) is 0 Å². The van der Waals surface area contributed by atoms with E-state index in [1.54, 1.807) is 50.2 Å². The molecule has 1 heterocycles. The second kappa shape index (κ2) is 17.3. The van der Waals surface area contributed by atoms with Crippen molar-refractivity contribution in [3.8, 4) is 23.0 Å². The quantitative estimate of drug-likeness (QED) is 0.0393. The van der Waals surface area contributed by atoms with Crippen LogP contribution < -0.4 is 35.0 Å². The minimum Gasteiger partial charge on any atom is -0.490 e. The summed E-state index contributed by atoms with van der Waals surface area (Å²) in [6.45, 7) is 5.95. The Hall–Kier alpha value is -5.10. The predicted octanol–water partition coefficient (Wildman–Crippen LogP) is 4.70. The number of benzene rings is 3. The van der Waals surface area contributed by atoms with Crippen LogP contribution in [0.1, 0.15) is 43.5 Å². The van der Waals surface area contributed by atoms with E-state index in [1.165, 1.54) is 25.5 Å². The number of hydrogen-bond donors (Lipinski definition) is 4. The molecule has 3 aromatic carbocycles. The second-order valence-electron chi connectivity index (χ2n) is 10.4. The molecule has 4 rings (SSSR count). The Morgan fingerprint density at radius 2 is 1.78 bits per heavy atom. The number of amides is 2. The molecular formula is C33H36IN5O10. The molecule has 2 amide bonds. The van der Waals surface area contributed by atoms with Gasteiger partial charge in [0.05, 0.1) is 46.6 Å². The SMILES string of the molecule is CCOc1cc([C@H]2NC(=O)NC(C)=C2C(=O)OC)ccc1OC[C@@H](O)N/N=C/c1cc(I)c(OCc2ccc([N+](=O)[O-])cc2)c(OCC)c1. The molecule has 0 saturated carbocycles. The van der Waals surface area contributed by atoms with Crippen molar-refractivity contribution >= 4 is 46.5 Å². The number of urea groups is 1. The van der Waals surface area contributed by atoms with Gasteiger partial charge >= 0.3 is 12.0 Å². The fourth-order valence-corrected chi connectivity index (χ4v) is 5.54. The highest BCUT2D eigenvalue weighted by Crippen LogP contribution is 2.36. The maximum atomic E-state index is 12.5. The smallest absolute Gasteiger partial charge is 0.337 e. The third-order valence-electron chi connectivity index (χ3n) is 6.97. The Bertz CT molecular complexity index is 1730. The lowest BCUT2D eigenvalue weighted by atomic mass is 9.95. The third kappa shape index (κ3) is 9.73. The topological polar surface area (TPSA) is 192 Å². The van der Waals surface area contributed by atoms with Crippen LogP contribution in [0.2, 0.25) is 0 Å². The lowest BCUT2D eigenvalue weighted by molar-refractivity contribution is -0.384. The molecule has 0 unspecified atom stereocenters. The first-order valence-electron chi connectivity index (χ1n) is 15.1. The minimum absolute atomic E-state index is 0.00116. The van der Waals surface area contributed by atoms with Gasteiger partial charge in [0.1, 0.15) is 13.2 Å². The van der Waals surface area contributed by atoms with Crippen LogP contribution in [0.4, 0.5) is 10.5 Å². The Morgan fingerprint density at radius 1 is 1.06 bits per heavy atom. The number of nitrogens with one attached hydrogen (secondary N) is 3. The van der Waals surface area contributed by atoms with Gasteiger partial charge in [-0.25, -0.2) is 9.59 Å². The Kier molecular flexibility index (Phi) is 13.0. The maximum Gasteiger partial charge on any atom is 0.337 e. The number of halogens is 1. The predicted molar refractivity (Wildman–Crippen MR) is 187 cm³/mol. The van der Waals surface area contributed by atoms with Gasteiger partial charge in [-0.3, -0.25) is 15.5 Å². The van der Waals surface area contributed by atoms with E-state index in [1.807, 2.05) is 13.0 Å². The van der Waals surface area contributed by atoms with Crippen LogP contribution in [0.5, 0.6) is 23.0 Å². The van der Waals surface area contributed by atoms with Crippen LogP contribution in [-0.4, -0.2) is 61.4 Å².